The monoisotopic (exact) mass is 367 g/mol. The highest BCUT2D eigenvalue weighted by Gasteiger charge is 2.18. The third-order valence-corrected chi connectivity index (χ3v) is 4.86. The number of imide groups is 1. The van der Waals surface area contributed by atoms with Crippen LogP contribution in [0.5, 0.6) is 5.75 Å². The van der Waals surface area contributed by atoms with E-state index >= 15 is 0 Å². The second-order valence-electron chi connectivity index (χ2n) is 4.56. The number of amides is 3. The van der Waals surface area contributed by atoms with Gasteiger partial charge in [-0.2, -0.15) is 0 Å². The summed E-state index contributed by atoms with van der Waals surface area (Å²) in [4.78, 5) is 23.0. The Morgan fingerprint density at radius 1 is 1.33 bits per heavy atom. The van der Waals surface area contributed by atoms with Crippen molar-refractivity contribution in [1.29, 1.82) is 0 Å². The van der Waals surface area contributed by atoms with Crippen molar-refractivity contribution in [2.24, 2.45) is 0 Å². The number of thioether (sulfide) groups is 1. The molecular formula is C14H17N5O3S2. The summed E-state index contributed by atoms with van der Waals surface area (Å²) in [6.45, 7) is 1.69. The van der Waals surface area contributed by atoms with Crippen molar-refractivity contribution in [1.82, 2.24) is 20.8 Å². The Kier molecular flexibility index (Phi) is 6.38. The van der Waals surface area contributed by atoms with Gasteiger partial charge in [0.1, 0.15) is 5.75 Å². The van der Waals surface area contributed by atoms with Gasteiger partial charge in [0.25, 0.3) is 0 Å². The molecule has 2 aromatic rings. The van der Waals surface area contributed by atoms with E-state index in [2.05, 4.69) is 26.1 Å². The minimum absolute atomic E-state index is 0.392. The summed E-state index contributed by atoms with van der Waals surface area (Å²) in [5.41, 5.74) is 0.826. The van der Waals surface area contributed by atoms with Gasteiger partial charge >= 0.3 is 6.03 Å². The molecule has 2 rings (SSSR count). The van der Waals surface area contributed by atoms with Gasteiger partial charge in [-0.1, -0.05) is 29.2 Å². The van der Waals surface area contributed by atoms with Crippen molar-refractivity contribution in [2.45, 2.75) is 16.5 Å². The maximum absolute atomic E-state index is 11.8. The third-order valence-electron chi connectivity index (χ3n) is 2.84. The molecule has 0 fully saturated rings. The van der Waals surface area contributed by atoms with Crippen LogP contribution in [0.2, 0.25) is 0 Å². The Balaban J connectivity index is 1.95. The second kappa shape index (κ2) is 8.50. The highest BCUT2D eigenvalue weighted by atomic mass is 32.2. The minimum atomic E-state index is -0.537. The zero-order valence-electron chi connectivity index (χ0n) is 13.3. The van der Waals surface area contributed by atoms with E-state index in [1.165, 1.54) is 30.1 Å². The van der Waals surface area contributed by atoms with Crippen LogP contribution in [0.4, 0.5) is 15.6 Å². The van der Waals surface area contributed by atoms with Crippen molar-refractivity contribution < 1.29 is 14.3 Å². The number of anilines is 2. The lowest BCUT2D eigenvalue weighted by molar-refractivity contribution is -0.119. The van der Waals surface area contributed by atoms with E-state index < -0.39 is 17.2 Å². The van der Waals surface area contributed by atoms with Gasteiger partial charge in [0, 0.05) is 18.8 Å². The molecule has 0 saturated heterocycles. The molecule has 0 spiro atoms. The molecule has 3 N–H and O–H groups in total. The molecule has 0 aliphatic carbocycles. The molecule has 8 nitrogen and oxygen atoms in total. The molecule has 10 heteroatoms. The number of urea groups is 1. The maximum Gasteiger partial charge on any atom is 0.321 e. The highest BCUT2D eigenvalue weighted by Crippen LogP contribution is 2.31. The zero-order valence-corrected chi connectivity index (χ0v) is 15.0. The summed E-state index contributed by atoms with van der Waals surface area (Å²) in [6, 6.07) is 6.90. The van der Waals surface area contributed by atoms with Gasteiger partial charge < -0.3 is 15.4 Å². The molecule has 24 heavy (non-hydrogen) atoms. The van der Waals surface area contributed by atoms with E-state index in [4.69, 9.17) is 4.74 Å². The van der Waals surface area contributed by atoms with Crippen LogP contribution in [0.25, 0.3) is 0 Å². The molecule has 0 aliphatic rings. The number of hydrogen-bond acceptors (Lipinski definition) is 8. The molecule has 3 amide bonds. The fourth-order valence-corrected chi connectivity index (χ4v) is 3.53. The average molecular weight is 367 g/mol. The SMILES string of the molecule is CNC(=O)NC(=O)[C@H](C)Sc1nnc(Nc2cccc(OC)c2)s1. The van der Waals surface area contributed by atoms with Crippen LogP contribution in [-0.4, -0.2) is 41.5 Å². The lowest BCUT2D eigenvalue weighted by Crippen LogP contribution is -2.41. The fraction of sp³-hybridized carbons (Fsp3) is 0.286. The zero-order chi connectivity index (χ0) is 17.5. The van der Waals surface area contributed by atoms with E-state index in [0.717, 1.165) is 11.4 Å². The van der Waals surface area contributed by atoms with Crippen LogP contribution >= 0.6 is 23.1 Å². The molecule has 1 aromatic heterocycles. The Morgan fingerprint density at radius 2 is 2.12 bits per heavy atom. The van der Waals surface area contributed by atoms with E-state index in [1.807, 2.05) is 24.3 Å². The average Bonchev–Trinajstić information content (AvgIpc) is 3.01. The van der Waals surface area contributed by atoms with Crippen LogP contribution in [0.3, 0.4) is 0 Å². The first-order valence-corrected chi connectivity index (χ1v) is 8.65. The Bertz CT molecular complexity index is 722. The first-order chi connectivity index (χ1) is 11.5. The summed E-state index contributed by atoms with van der Waals surface area (Å²) in [5, 5.41) is 15.9. The summed E-state index contributed by atoms with van der Waals surface area (Å²) >= 11 is 2.55. The standard InChI is InChI=1S/C14H17N5O3S2/c1-8(11(20)17-12(21)15-2)23-14-19-18-13(24-14)16-9-5-4-6-10(7-9)22-3/h4-8H,1-3H3,(H,16,18)(H2,15,17,20,21)/t8-/m0/s1. The first-order valence-electron chi connectivity index (χ1n) is 6.95. The van der Waals surface area contributed by atoms with Gasteiger partial charge in [0.05, 0.1) is 12.4 Å². The Morgan fingerprint density at radius 3 is 2.83 bits per heavy atom. The molecular weight excluding hydrogens is 350 g/mol. The van der Waals surface area contributed by atoms with Gasteiger partial charge in [0.2, 0.25) is 11.0 Å². The van der Waals surface area contributed by atoms with Crippen LogP contribution in [0.1, 0.15) is 6.92 Å². The second-order valence-corrected chi connectivity index (χ2v) is 7.12. The van der Waals surface area contributed by atoms with Crippen molar-refractivity contribution in [3.63, 3.8) is 0 Å². The molecule has 1 atom stereocenters. The number of ether oxygens (including phenoxy) is 1. The van der Waals surface area contributed by atoms with E-state index in [1.54, 1.807) is 14.0 Å². The lowest BCUT2D eigenvalue weighted by atomic mass is 10.3. The van der Waals surface area contributed by atoms with Crippen LogP contribution in [0.15, 0.2) is 28.6 Å². The van der Waals surface area contributed by atoms with Crippen molar-refractivity contribution in [3.8, 4) is 5.75 Å². The summed E-state index contributed by atoms with van der Waals surface area (Å²) in [6.07, 6.45) is 0. The predicted molar refractivity (Wildman–Crippen MR) is 94.1 cm³/mol. The van der Waals surface area contributed by atoms with E-state index in [9.17, 15) is 9.59 Å². The number of benzene rings is 1. The predicted octanol–water partition coefficient (Wildman–Crippen LogP) is 2.23. The molecule has 0 bridgehead atoms. The van der Waals surface area contributed by atoms with Gasteiger partial charge in [-0.25, -0.2) is 4.79 Å². The van der Waals surface area contributed by atoms with E-state index in [0.29, 0.717) is 9.47 Å². The van der Waals surface area contributed by atoms with Gasteiger partial charge in [-0.15, -0.1) is 10.2 Å². The topological polar surface area (TPSA) is 105 Å². The number of hydrogen-bond donors (Lipinski definition) is 3. The van der Waals surface area contributed by atoms with Crippen LogP contribution in [-0.2, 0) is 4.79 Å². The number of nitrogens with zero attached hydrogens (tertiary/aromatic N) is 2. The van der Waals surface area contributed by atoms with Crippen LogP contribution in [0, 0.1) is 0 Å². The van der Waals surface area contributed by atoms with Gasteiger partial charge in [0.15, 0.2) is 4.34 Å². The Hall–Kier alpha value is -2.33. The normalized spacial score (nSPS) is 11.5. The maximum atomic E-state index is 11.8. The van der Waals surface area contributed by atoms with Crippen LogP contribution < -0.4 is 20.7 Å². The number of rotatable bonds is 6. The summed E-state index contributed by atoms with van der Waals surface area (Å²) < 4.78 is 5.79. The smallest absolute Gasteiger partial charge is 0.321 e. The van der Waals surface area contributed by atoms with Crippen molar-refractivity contribution in [2.75, 3.05) is 19.5 Å². The molecule has 0 radical (unpaired) electrons. The number of carbonyl (C=O) groups is 2. The first kappa shape index (κ1) is 18.0. The van der Waals surface area contributed by atoms with Crippen molar-refractivity contribution in [3.05, 3.63) is 24.3 Å². The number of methoxy groups -OCH3 is 1. The molecule has 0 unspecified atom stereocenters. The third kappa shape index (κ3) is 5.10. The van der Waals surface area contributed by atoms with Crippen molar-refractivity contribution >= 4 is 45.9 Å². The fourth-order valence-electron chi connectivity index (χ4n) is 1.61. The number of nitrogens with one attached hydrogen (secondary N) is 3. The van der Waals surface area contributed by atoms with E-state index in [-0.39, 0.29) is 0 Å². The van der Waals surface area contributed by atoms with Gasteiger partial charge in [-0.05, 0) is 19.1 Å². The highest BCUT2D eigenvalue weighted by molar-refractivity contribution is 8.02. The van der Waals surface area contributed by atoms with Gasteiger partial charge in [-0.3, -0.25) is 10.1 Å². The quantitative estimate of drug-likeness (QED) is 0.672. The summed E-state index contributed by atoms with van der Waals surface area (Å²) in [7, 11) is 3.05. The molecule has 1 heterocycles. The Labute approximate surface area is 147 Å². The molecule has 0 saturated carbocycles. The lowest BCUT2D eigenvalue weighted by Gasteiger charge is -2.08. The number of aromatic nitrogens is 2. The molecule has 1 aromatic carbocycles. The largest absolute Gasteiger partial charge is 0.497 e. The summed E-state index contributed by atoms with van der Waals surface area (Å²) in [5.74, 6) is 0.343. The number of carbonyl (C=O) groups excluding carboxylic acids is 2. The minimum Gasteiger partial charge on any atom is -0.497 e. The molecule has 0 aliphatic heterocycles. The molecule has 128 valence electrons.